The van der Waals surface area contributed by atoms with E-state index in [9.17, 15) is 9.59 Å². The minimum absolute atomic E-state index is 0.157. The van der Waals surface area contributed by atoms with E-state index in [1.165, 1.54) is 28.6 Å². The van der Waals surface area contributed by atoms with Crippen LogP contribution in [0.4, 0.5) is 4.79 Å². The van der Waals surface area contributed by atoms with E-state index in [4.69, 9.17) is 0 Å². The maximum Gasteiger partial charge on any atom is 0.321 e. The summed E-state index contributed by atoms with van der Waals surface area (Å²) in [5, 5.41) is 6.78. The molecule has 0 spiro atoms. The Morgan fingerprint density at radius 2 is 2.25 bits per heavy atom. The first-order valence-corrected chi connectivity index (χ1v) is 9.84. The van der Waals surface area contributed by atoms with E-state index < -0.39 is 6.03 Å². The summed E-state index contributed by atoms with van der Waals surface area (Å²) >= 11 is 3.10. The molecule has 0 fully saturated rings. The first-order valence-electron chi connectivity index (χ1n) is 8.04. The first-order chi connectivity index (χ1) is 11.6. The van der Waals surface area contributed by atoms with E-state index in [-0.39, 0.29) is 11.7 Å². The van der Waals surface area contributed by atoms with Gasteiger partial charge in [0.15, 0.2) is 0 Å². The number of thiophene rings is 1. The molecule has 0 saturated carbocycles. The average Bonchev–Trinajstić information content (AvgIpc) is 2.90. The molecule has 6 nitrogen and oxygen atoms in total. The van der Waals surface area contributed by atoms with Crippen LogP contribution in [-0.4, -0.2) is 34.2 Å². The minimum atomic E-state index is -0.460. The molecule has 0 unspecified atom stereocenters. The number of nitrogens with zero attached hydrogens (tertiary/aromatic N) is 2. The first kappa shape index (κ1) is 17.2. The number of rotatable bonds is 4. The van der Waals surface area contributed by atoms with Crippen LogP contribution in [0.15, 0.2) is 11.4 Å². The summed E-state index contributed by atoms with van der Waals surface area (Å²) in [6, 6.07) is -0.460. The zero-order chi connectivity index (χ0) is 17.1. The fraction of sp³-hybridized carbons (Fsp3) is 0.500. The Labute approximate surface area is 148 Å². The Balaban J connectivity index is 1.75. The van der Waals surface area contributed by atoms with Gasteiger partial charge in [-0.1, -0.05) is 18.7 Å². The van der Waals surface area contributed by atoms with Gasteiger partial charge in [0.25, 0.3) is 0 Å². The molecule has 0 saturated heterocycles. The molecular formula is C16H20N4O2S2. The lowest BCUT2D eigenvalue weighted by molar-refractivity contribution is -0.117. The quantitative estimate of drug-likeness (QED) is 0.644. The number of amides is 3. The zero-order valence-electron chi connectivity index (χ0n) is 13.7. The van der Waals surface area contributed by atoms with Gasteiger partial charge in [0, 0.05) is 16.8 Å². The van der Waals surface area contributed by atoms with E-state index in [1.807, 2.05) is 0 Å². The maximum atomic E-state index is 11.9. The van der Waals surface area contributed by atoms with Crippen molar-refractivity contribution in [3.8, 4) is 0 Å². The molecule has 0 aromatic carbocycles. The highest BCUT2D eigenvalue weighted by molar-refractivity contribution is 8.00. The number of aryl methyl sites for hydroxylation is 1. The molecule has 1 aliphatic rings. The van der Waals surface area contributed by atoms with Gasteiger partial charge in [-0.3, -0.25) is 10.1 Å². The predicted octanol–water partition coefficient (Wildman–Crippen LogP) is 2.75. The molecule has 2 N–H and O–H groups in total. The molecular weight excluding hydrogens is 344 g/mol. The van der Waals surface area contributed by atoms with Gasteiger partial charge in [-0.15, -0.1) is 11.3 Å². The number of aromatic nitrogens is 2. The summed E-state index contributed by atoms with van der Waals surface area (Å²) in [4.78, 5) is 34.4. The topological polar surface area (TPSA) is 84.0 Å². The molecule has 2 aromatic heterocycles. The van der Waals surface area contributed by atoms with Crippen molar-refractivity contribution in [2.75, 3.05) is 12.3 Å². The molecule has 8 heteroatoms. The molecule has 1 aliphatic carbocycles. The van der Waals surface area contributed by atoms with E-state index in [1.54, 1.807) is 24.6 Å². The Morgan fingerprint density at radius 3 is 3.04 bits per heavy atom. The van der Waals surface area contributed by atoms with Gasteiger partial charge in [0.1, 0.15) is 16.2 Å². The number of nitrogens with one attached hydrogen (secondary N) is 2. The number of hydrogen-bond donors (Lipinski definition) is 2. The van der Waals surface area contributed by atoms with Crippen LogP contribution in [-0.2, 0) is 17.6 Å². The molecule has 24 heavy (non-hydrogen) atoms. The lowest BCUT2D eigenvalue weighted by Gasteiger charge is -2.18. The third-order valence-corrected chi connectivity index (χ3v) is 6.14. The summed E-state index contributed by atoms with van der Waals surface area (Å²) in [5.41, 5.74) is 1.35. The number of carbonyl (C=O) groups is 2. The second-order valence-corrected chi connectivity index (χ2v) is 7.95. The van der Waals surface area contributed by atoms with E-state index >= 15 is 0 Å². The third-order valence-electron chi connectivity index (χ3n) is 3.99. The normalized spacial score (nSPS) is 16.7. The lowest BCUT2D eigenvalue weighted by Crippen LogP contribution is -2.40. The summed E-state index contributed by atoms with van der Waals surface area (Å²) in [6.45, 7) is 4.57. The number of hydrogen-bond acceptors (Lipinski definition) is 6. The molecule has 0 bridgehead atoms. The summed E-state index contributed by atoms with van der Waals surface area (Å²) < 4.78 is 0. The van der Waals surface area contributed by atoms with Gasteiger partial charge in [-0.05, 0) is 37.7 Å². The highest BCUT2D eigenvalue weighted by atomic mass is 32.2. The van der Waals surface area contributed by atoms with E-state index in [0.29, 0.717) is 12.5 Å². The Bertz CT molecular complexity index is 775. The predicted molar refractivity (Wildman–Crippen MR) is 96.5 cm³/mol. The Morgan fingerprint density at radius 1 is 1.42 bits per heavy atom. The van der Waals surface area contributed by atoms with E-state index in [0.717, 1.165) is 28.1 Å². The van der Waals surface area contributed by atoms with Crippen LogP contribution >= 0.6 is 23.1 Å². The highest BCUT2D eigenvalue weighted by Gasteiger charge is 2.23. The van der Waals surface area contributed by atoms with E-state index in [2.05, 4.69) is 27.5 Å². The Kier molecular flexibility index (Phi) is 5.35. The van der Waals surface area contributed by atoms with Crippen LogP contribution in [0.2, 0.25) is 0 Å². The SMILES string of the molecule is CCNC(=O)NC(=O)CSc1ncnc2sc3c(c12)CC[C@H](C)C3. The smallest absolute Gasteiger partial charge is 0.321 e. The molecule has 3 amide bonds. The van der Waals surface area contributed by atoms with Gasteiger partial charge in [-0.2, -0.15) is 0 Å². The van der Waals surface area contributed by atoms with Crippen LogP contribution in [0.5, 0.6) is 0 Å². The largest absolute Gasteiger partial charge is 0.338 e. The van der Waals surface area contributed by atoms with Crippen LogP contribution in [0.1, 0.15) is 30.7 Å². The number of fused-ring (bicyclic) bond motifs is 3. The molecule has 2 aromatic rings. The molecule has 2 heterocycles. The molecule has 3 rings (SSSR count). The van der Waals surface area contributed by atoms with Gasteiger partial charge in [0.2, 0.25) is 5.91 Å². The number of thioether (sulfide) groups is 1. The molecule has 1 atom stereocenters. The number of carbonyl (C=O) groups excluding carboxylic acids is 2. The fourth-order valence-corrected chi connectivity index (χ4v) is 5.10. The van der Waals surface area contributed by atoms with Crippen molar-refractivity contribution >= 4 is 45.3 Å². The standard InChI is InChI=1S/C16H20N4O2S2/c1-3-17-16(22)20-12(21)7-23-14-13-10-5-4-9(2)6-11(10)24-15(13)19-8-18-14/h8-9H,3-7H2,1-2H3,(H2,17,20,21,22)/t9-/m0/s1. The lowest BCUT2D eigenvalue weighted by atomic mass is 9.89. The summed E-state index contributed by atoms with van der Waals surface area (Å²) in [5.74, 6) is 0.539. The molecule has 128 valence electrons. The maximum absolute atomic E-state index is 11.9. The van der Waals surface area contributed by atoms with Crippen LogP contribution in [0.3, 0.4) is 0 Å². The zero-order valence-corrected chi connectivity index (χ0v) is 15.4. The fourth-order valence-electron chi connectivity index (χ4n) is 2.86. The third kappa shape index (κ3) is 3.70. The van der Waals surface area contributed by atoms with Crippen molar-refractivity contribution in [2.45, 2.75) is 38.1 Å². The van der Waals surface area contributed by atoms with Crippen LogP contribution in [0.25, 0.3) is 10.2 Å². The number of urea groups is 1. The minimum Gasteiger partial charge on any atom is -0.338 e. The van der Waals surface area contributed by atoms with Gasteiger partial charge in [-0.25, -0.2) is 14.8 Å². The second kappa shape index (κ2) is 7.48. The number of imide groups is 1. The molecule has 0 radical (unpaired) electrons. The van der Waals surface area contributed by atoms with Crippen molar-refractivity contribution in [1.82, 2.24) is 20.6 Å². The average molecular weight is 364 g/mol. The second-order valence-electron chi connectivity index (χ2n) is 5.91. The van der Waals surface area contributed by atoms with Crippen LogP contribution in [0, 0.1) is 5.92 Å². The van der Waals surface area contributed by atoms with Crippen molar-refractivity contribution < 1.29 is 9.59 Å². The van der Waals surface area contributed by atoms with Crippen molar-refractivity contribution in [3.05, 3.63) is 16.8 Å². The highest BCUT2D eigenvalue weighted by Crippen LogP contribution is 2.40. The van der Waals surface area contributed by atoms with Crippen LogP contribution < -0.4 is 10.6 Å². The van der Waals surface area contributed by atoms with Gasteiger partial charge < -0.3 is 5.32 Å². The molecule has 0 aliphatic heterocycles. The summed E-state index contributed by atoms with van der Waals surface area (Å²) in [6.07, 6.45) is 4.87. The summed E-state index contributed by atoms with van der Waals surface area (Å²) in [7, 11) is 0. The monoisotopic (exact) mass is 364 g/mol. The van der Waals surface area contributed by atoms with Gasteiger partial charge >= 0.3 is 6.03 Å². The van der Waals surface area contributed by atoms with Crippen molar-refractivity contribution in [2.24, 2.45) is 5.92 Å². The van der Waals surface area contributed by atoms with Crippen molar-refractivity contribution in [3.63, 3.8) is 0 Å². The Hall–Kier alpha value is -1.67. The van der Waals surface area contributed by atoms with Crippen molar-refractivity contribution in [1.29, 1.82) is 0 Å². The van der Waals surface area contributed by atoms with Gasteiger partial charge in [0.05, 0.1) is 5.75 Å².